The molecular weight excluding hydrogens is 254 g/mol. The van der Waals surface area contributed by atoms with Crippen molar-refractivity contribution in [2.45, 2.75) is 32.9 Å². The van der Waals surface area contributed by atoms with Crippen molar-refractivity contribution in [2.75, 3.05) is 39.4 Å². The maximum atomic E-state index is 5.78. The summed E-state index contributed by atoms with van der Waals surface area (Å²) in [7, 11) is 0. The Morgan fingerprint density at radius 2 is 2.40 bits per heavy atom. The Balaban J connectivity index is 1.64. The van der Waals surface area contributed by atoms with Gasteiger partial charge in [0, 0.05) is 38.2 Å². The second-order valence-electron chi connectivity index (χ2n) is 6.09. The van der Waals surface area contributed by atoms with E-state index in [0.717, 1.165) is 58.3 Å². The van der Waals surface area contributed by atoms with Gasteiger partial charge in [0.1, 0.15) is 12.2 Å². The van der Waals surface area contributed by atoms with Crippen LogP contribution < -0.4 is 5.32 Å². The Labute approximate surface area is 120 Å². The molecule has 1 saturated heterocycles. The second-order valence-corrected chi connectivity index (χ2v) is 6.09. The number of aromatic nitrogens is 3. The Bertz CT molecular complexity index is 427. The summed E-state index contributed by atoms with van der Waals surface area (Å²) in [5.74, 6) is 1.09. The summed E-state index contributed by atoms with van der Waals surface area (Å²) < 4.78 is 7.94. The molecule has 6 heteroatoms. The van der Waals surface area contributed by atoms with E-state index in [4.69, 9.17) is 4.74 Å². The Morgan fingerprint density at radius 1 is 1.45 bits per heavy atom. The average Bonchev–Trinajstić information content (AvgIpc) is 2.94. The molecule has 1 fully saturated rings. The predicted molar refractivity (Wildman–Crippen MR) is 76.3 cm³/mol. The first-order valence-electron chi connectivity index (χ1n) is 7.69. The highest BCUT2D eigenvalue weighted by molar-refractivity contribution is 4.93. The SMILES string of the molecule is CCNCC1(CN2CCn3cnnc3C2)CCCOC1. The molecule has 1 aromatic rings. The smallest absolute Gasteiger partial charge is 0.147 e. The largest absolute Gasteiger partial charge is 0.381 e. The molecule has 20 heavy (non-hydrogen) atoms. The van der Waals surface area contributed by atoms with Gasteiger partial charge in [0.25, 0.3) is 0 Å². The summed E-state index contributed by atoms with van der Waals surface area (Å²) in [6, 6.07) is 0. The summed E-state index contributed by atoms with van der Waals surface area (Å²) in [6.07, 6.45) is 4.27. The number of ether oxygens (including phenoxy) is 1. The number of hydrogen-bond acceptors (Lipinski definition) is 5. The predicted octanol–water partition coefficient (Wildman–Crippen LogP) is 0.500. The molecule has 2 aliphatic rings. The van der Waals surface area contributed by atoms with Crippen LogP contribution in [0.25, 0.3) is 0 Å². The molecule has 0 aliphatic carbocycles. The molecule has 2 aliphatic heterocycles. The topological polar surface area (TPSA) is 55.2 Å². The van der Waals surface area contributed by atoms with Gasteiger partial charge in [-0.05, 0) is 19.4 Å². The Kier molecular flexibility index (Phi) is 4.33. The van der Waals surface area contributed by atoms with Gasteiger partial charge in [-0.25, -0.2) is 0 Å². The van der Waals surface area contributed by atoms with Crippen LogP contribution in [0.1, 0.15) is 25.6 Å². The van der Waals surface area contributed by atoms with Crippen LogP contribution in [-0.4, -0.2) is 59.1 Å². The third-order valence-electron chi connectivity index (χ3n) is 4.43. The molecule has 0 bridgehead atoms. The first-order chi connectivity index (χ1) is 9.81. The van der Waals surface area contributed by atoms with Crippen LogP contribution in [0.3, 0.4) is 0 Å². The lowest BCUT2D eigenvalue weighted by Gasteiger charge is -2.42. The van der Waals surface area contributed by atoms with Crippen LogP contribution in [0.2, 0.25) is 0 Å². The molecule has 3 rings (SSSR count). The van der Waals surface area contributed by atoms with Gasteiger partial charge in [0.05, 0.1) is 13.2 Å². The fourth-order valence-electron chi connectivity index (χ4n) is 3.35. The summed E-state index contributed by atoms with van der Waals surface area (Å²) in [5, 5.41) is 11.7. The highest BCUT2D eigenvalue weighted by Gasteiger charge is 2.35. The van der Waals surface area contributed by atoms with Crippen LogP contribution in [-0.2, 0) is 17.8 Å². The van der Waals surface area contributed by atoms with Crippen molar-refractivity contribution in [1.29, 1.82) is 0 Å². The molecule has 1 unspecified atom stereocenters. The minimum absolute atomic E-state index is 0.260. The van der Waals surface area contributed by atoms with Gasteiger partial charge in [0.2, 0.25) is 0 Å². The lowest BCUT2D eigenvalue weighted by molar-refractivity contribution is -0.0300. The van der Waals surface area contributed by atoms with Crippen LogP contribution in [0.4, 0.5) is 0 Å². The second kappa shape index (κ2) is 6.20. The first-order valence-corrected chi connectivity index (χ1v) is 7.69. The van der Waals surface area contributed by atoms with E-state index in [-0.39, 0.29) is 5.41 Å². The highest BCUT2D eigenvalue weighted by atomic mass is 16.5. The Hall–Kier alpha value is -0.980. The maximum absolute atomic E-state index is 5.78. The molecule has 1 aromatic heterocycles. The number of rotatable bonds is 5. The lowest BCUT2D eigenvalue weighted by Crippen LogP contribution is -2.50. The van der Waals surface area contributed by atoms with Crippen LogP contribution in [0.5, 0.6) is 0 Å². The summed E-state index contributed by atoms with van der Waals surface area (Å²) in [4.78, 5) is 2.51. The molecular formula is C14H25N5O. The van der Waals surface area contributed by atoms with E-state index in [1.807, 2.05) is 6.33 Å². The number of nitrogens with zero attached hydrogens (tertiary/aromatic N) is 4. The van der Waals surface area contributed by atoms with E-state index in [9.17, 15) is 0 Å². The van der Waals surface area contributed by atoms with Crippen molar-refractivity contribution in [1.82, 2.24) is 25.0 Å². The summed E-state index contributed by atoms with van der Waals surface area (Å²) in [6.45, 7) is 10.1. The third kappa shape index (κ3) is 3.02. The van der Waals surface area contributed by atoms with Crippen molar-refractivity contribution in [3.05, 3.63) is 12.2 Å². The molecule has 0 saturated carbocycles. The van der Waals surface area contributed by atoms with E-state index in [1.54, 1.807) is 0 Å². The highest BCUT2D eigenvalue weighted by Crippen LogP contribution is 2.30. The lowest BCUT2D eigenvalue weighted by atomic mass is 9.81. The average molecular weight is 279 g/mol. The molecule has 0 spiro atoms. The molecule has 6 nitrogen and oxygen atoms in total. The quantitative estimate of drug-likeness (QED) is 0.850. The van der Waals surface area contributed by atoms with E-state index in [0.29, 0.717) is 0 Å². The number of nitrogens with one attached hydrogen (secondary N) is 1. The van der Waals surface area contributed by atoms with Gasteiger partial charge in [0.15, 0.2) is 0 Å². The zero-order chi connectivity index (χ0) is 13.8. The van der Waals surface area contributed by atoms with E-state index < -0.39 is 0 Å². The molecule has 0 amide bonds. The Morgan fingerprint density at radius 3 is 3.20 bits per heavy atom. The standard InChI is InChI=1S/C14H25N5O/c1-2-15-9-14(4-3-7-20-11-14)10-18-5-6-19-12-16-17-13(19)8-18/h12,15H,2-11H2,1H3. The van der Waals surface area contributed by atoms with Crippen LogP contribution in [0, 0.1) is 5.41 Å². The minimum atomic E-state index is 0.260. The fourth-order valence-corrected chi connectivity index (χ4v) is 3.35. The van der Waals surface area contributed by atoms with E-state index in [1.165, 1.54) is 12.8 Å². The molecule has 1 N–H and O–H groups in total. The number of hydrogen-bond donors (Lipinski definition) is 1. The monoisotopic (exact) mass is 279 g/mol. The van der Waals surface area contributed by atoms with Gasteiger partial charge in [-0.3, -0.25) is 4.90 Å². The molecule has 3 heterocycles. The number of fused-ring (bicyclic) bond motifs is 1. The summed E-state index contributed by atoms with van der Waals surface area (Å²) in [5.41, 5.74) is 0.260. The first kappa shape index (κ1) is 14.0. The van der Waals surface area contributed by atoms with Gasteiger partial charge in [-0.1, -0.05) is 6.92 Å². The van der Waals surface area contributed by atoms with Crippen molar-refractivity contribution in [2.24, 2.45) is 5.41 Å². The van der Waals surface area contributed by atoms with Crippen LogP contribution in [0.15, 0.2) is 6.33 Å². The van der Waals surface area contributed by atoms with Gasteiger partial charge >= 0.3 is 0 Å². The maximum Gasteiger partial charge on any atom is 0.147 e. The van der Waals surface area contributed by atoms with Crippen molar-refractivity contribution in [3.63, 3.8) is 0 Å². The normalized spacial score (nSPS) is 27.4. The fraction of sp³-hybridized carbons (Fsp3) is 0.857. The zero-order valence-electron chi connectivity index (χ0n) is 12.3. The van der Waals surface area contributed by atoms with Gasteiger partial charge in [-0.2, -0.15) is 0 Å². The molecule has 0 radical (unpaired) electrons. The van der Waals surface area contributed by atoms with Crippen LogP contribution >= 0.6 is 0 Å². The summed E-state index contributed by atoms with van der Waals surface area (Å²) >= 11 is 0. The van der Waals surface area contributed by atoms with Gasteiger partial charge in [-0.15, -0.1) is 10.2 Å². The molecule has 0 aromatic carbocycles. The molecule has 112 valence electrons. The van der Waals surface area contributed by atoms with Gasteiger partial charge < -0.3 is 14.6 Å². The molecule has 1 atom stereocenters. The van der Waals surface area contributed by atoms with Crippen molar-refractivity contribution in [3.8, 4) is 0 Å². The van der Waals surface area contributed by atoms with Crippen molar-refractivity contribution < 1.29 is 4.74 Å². The van der Waals surface area contributed by atoms with E-state index >= 15 is 0 Å². The van der Waals surface area contributed by atoms with Crippen molar-refractivity contribution >= 4 is 0 Å². The third-order valence-corrected chi connectivity index (χ3v) is 4.43. The zero-order valence-corrected chi connectivity index (χ0v) is 12.3. The minimum Gasteiger partial charge on any atom is -0.381 e. The van der Waals surface area contributed by atoms with E-state index in [2.05, 4.69) is 31.9 Å².